The largest absolute Gasteiger partial charge is 0.394 e. The Bertz CT molecular complexity index is 2460. The molecule has 0 radical (unpaired) electrons. The Labute approximate surface area is 558 Å². The van der Waals surface area contributed by atoms with Crippen molar-refractivity contribution in [3.63, 3.8) is 0 Å². The zero-order valence-corrected chi connectivity index (χ0v) is 51.8. The van der Waals surface area contributed by atoms with Gasteiger partial charge in [0.05, 0.1) is 59.5 Å². The minimum absolute atomic E-state index is 0.935. The number of aliphatic hydroxyl groups excluding tert-OH is 27. The van der Waals surface area contributed by atoms with Crippen molar-refractivity contribution in [3.8, 4) is 0 Å². The summed E-state index contributed by atoms with van der Waals surface area (Å²) in [5, 5.41) is 300. The molecule has 0 aromatic heterocycles. The summed E-state index contributed by atoms with van der Waals surface area (Å²) in [5.74, 6) is 0. The molecular weight excluding hydrogens is 1370 g/mol. The molecule has 576 valence electrons. The number of aliphatic hydroxyl groups is 27. The molecule has 27 N–H and O–H groups in total. The topological polar surface area (TPSA) is 712 Å². The van der Waals surface area contributed by atoms with Gasteiger partial charge in [0.2, 0.25) is 0 Å². The predicted octanol–water partition coefficient (Wildman–Crippen LogP) is -19.6. The smallest absolute Gasteiger partial charge is 0.187 e. The van der Waals surface area contributed by atoms with Crippen molar-refractivity contribution in [2.24, 2.45) is 0 Å². The fraction of sp³-hybridized carbons (Fsp3) is 1.00. The second-order valence-electron chi connectivity index (χ2n) is 25.3. The Balaban J connectivity index is 0.963. The maximum absolute atomic E-state index is 12.5. The van der Waals surface area contributed by atoms with E-state index in [0.717, 1.165) is 0 Å². The van der Waals surface area contributed by atoms with Crippen molar-refractivity contribution in [1.82, 2.24) is 0 Å². The third-order valence-corrected chi connectivity index (χ3v) is 19.0. The van der Waals surface area contributed by atoms with Crippen LogP contribution in [-0.4, -0.2) is 474 Å². The molecule has 17 heterocycles. The standard InChI is InChI=1S/C54H90O45/c55-1-10-19(64)20(65)28(73)46(82-10)91-37-16(7-61)89-53(35(80)26(37)71)99-45-36(81)44-18(9-63)90-54(45)98-43-17(8-62)88-51(34(79)27(43)72)96-41-14(5-59)86-49(32(77)24(41)69)94-39-12(3-57)84-47(30(75)22(39)67)92-38-11(2-56)83-48(29(74)21(38)66)93-40-13(4-58)85-50(31(76)23(40)68)95-42-15(6-60)87-52(97-44)33(78)25(42)70/h10-81H,1-9H2/t10-,11-,12-,13-,14-,15-,16-,17-,18-,19+,20+,21-,22-,23-,24-,25-,26-,27-,28-,29-,30-,31-,32-,33-,34-,35-,36+,37-,38-,39-,40-,41-,42-,43-,44-,45-,46+,47-,48-,49-,50-,51-,52-,53?,54-/m1/s1. The molecule has 45 heteroatoms. The molecule has 14 bridgehead atoms. The van der Waals surface area contributed by atoms with Gasteiger partial charge in [-0.15, -0.1) is 0 Å². The van der Waals surface area contributed by atoms with Crippen LogP contribution in [0.5, 0.6) is 0 Å². The van der Waals surface area contributed by atoms with Crippen molar-refractivity contribution in [2.45, 2.75) is 276 Å². The highest BCUT2D eigenvalue weighted by molar-refractivity contribution is 5.03. The first-order valence-corrected chi connectivity index (χ1v) is 31.7. The highest BCUT2D eigenvalue weighted by Gasteiger charge is 2.62. The fourth-order valence-corrected chi connectivity index (χ4v) is 13.4. The van der Waals surface area contributed by atoms with Gasteiger partial charge in [-0.1, -0.05) is 0 Å². The third-order valence-electron chi connectivity index (χ3n) is 19.0. The summed E-state index contributed by atoms with van der Waals surface area (Å²) in [4.78, 5) is 0. The monoisotopic (exact) mass is 1460 g/mol. The Morgan fingerprint density at radius 2 is 0.374 bits per heavy atom. The van der Waals surface area contributed by atoms with Crippen LogP contribution >= 0.6 is 0 Å². The molecule has 17 fully saturated rings. The van der Waals surface area contributed by atoms with E-state index in [1.807, 2.05) is 0 Å². The van der Waals surface area contributed by atoms with Crippen LogP contribution in [0.15, 0.2) is 0 Å². The summed E-state index contributed by atoms with van der Waals surface area (Å²) in [6, 6.07) is 0. The first-order valence-electron chi connectivity index (χ1n) is 31.7. The van der Waals surface area contributed by atoms with Crippen molar-refractivity contribution >= 4 is 0 Å². The second kappa shape index (κ2) is 34.0. The number of ether oxygens (including phenoxy) is 18. The number of hydrogen-bond acceptors (Lipinski definition) is 45. The summed E-state index contributed by atoms with van der Waals surface area (Å²) in [6.07, 6.45) is -95.6. The van der Waals surface area contributed by atoms with Crippen LogP contribution in [0, 0.1) is 0 Å². The molecule has 0 aliphatic carbocycles. The Kier molecular flexibility index (Phi) is 27.4. The average molecular weight is 1460 g/mol. The summed E-state index contributed by atoms with van der Waals surface area (Å²) in [7, 11) is 0. The summed E-state index contributed by atoms with van der Waals surface area (Å²) >= 11 is 0. The highest BCUT2D eigenvalue weighted by Crippen LogP contribution is 2.41. The Morgan fingerprint density at radius 1 is 0.162 bits per heavy atom. The molecule has 17 saturated heterocycles. The fourth-order valence-electron chi connectivity index (χ4n) is 13.4. The summed E-state index contributed by atoms with van der Waals surface area (Å²) < 4.78 is 104. The van der Waals surface area contributed by atoms with Gasteiger partial charge in [0.1, 0.15) is 220 Å². The van der Waals surface area contributed by atoms with E-state index in [1.165, 1.54) is 0 Å². The van der Waals surface area contributed by atoms with Gasteiger partial charge in [0.25, 0.3) is 0 Å². The zero-order chi connectivity index (χ0) is 72.1. The maximum Gasteiger partial charge on any atom is 0.187 e. The van der Waals surface area contributed by atoms with Crippen LogP contribution in [0.1, 0.15) is 0 Å². The minimum Gasteiger partial charge on any atom is -0.394 e. The van der Waals surface area contributed by atoms with E-state index in [4.69, 9.17) is 85.3 Å². The molecule has 99 heavy (non-hydrogen) atoms. The van der Waals surface area contributed by atoms with Crippen molar-refractivity contribution in [3.05, 3.63) is 0 Å². The minimum atomic E-state index is -2.46. The van der Waals surface area contributed by atoms with Gasteiger partial charge >= 0.3 is 0 Å². The van der Waals surface area contributed by atoms with Gasteiger partial charge < -0.3 is 223 Å². The molecule has 17 rings (SSSR count). The Hall–Kier alpha value is -1.80. The number of hydrogen-bond donors (Lipinski definition) is 27. The van der Waals surface area contributed by atoms with E-state index in [2.05, 4.69) is 0 Å². The Morgan fingerprint density at radius 3 is 0.636 bits per heavy atom. The lowest BCUT2D eigenvalue weighted by molar-refractivity contribution is -0.413. The van der Waals surface area contributed by atoms with Gasteiger partial charge in [0, 0.05) is 0 Å². The van der Waals surface area contributed by atoms with E-state index >= 15 is 0 Å². The molecule has 17 aliphatic heterocycles. The van der Waals surface area contributed by atoms with E-state index in [0.29, 0.717) is 0 Å². The van der Waals surface area contributed by atoms with Gasteiger partial charge in [-0.3, -0.25) is 0 Å². The summed E-state index contributed by atoms with van der Waals surface area (Å²) in [5.41, 5.74) is 0. The molecule has 1 unspecified atom stereocenters. The SMILES string of the molecule is OC[C@H]1O[C@@H](O[C@H]2[C@H](O)[C@@H](O)C(O[C@H]3[C@H]4O[C@H]5[C@H](O)[C@@H](O)[C@@H](O[C@H]6[C@H](O)[C@@H](O)[C@@H](O[C@H]7[C@H](O)[C@@H](O)[C@@H](O[C@H]8[C@H](O)[C@@H](O)[C@@H](O[C@H]9[C@H](O)[C@@H](O)[C@@H](O[C@H]%10[C@H](O)[C@@H](O)[C@@H](O[C@@H]([C@@H]3O)[C@@H](CO)O4)O[C@@H]%10CO)O[C@@H]9CO)O[C@@H]8CO)O[C@@H]7CO)O[C@@H]6CO)O[C@@H]5CO)O[C@@H]2CO)[C@H](O)[C@@H](O)[C@H]1O. The second-order valence-corrected chi connectivity index (χ2v) is 25.3. The van der Waals surface area contributed by atoms with Crippen LogP contribution in [0.2, 0.25) is 0 Å². The van der Waals surface area contributed by atoms with Gasteiger partial charge in [-0.25, -0.2) is 0 Å². The van der Waals surface area contributed by atoms with Crippen molar-refractivity contribution < 1.29 is 223 Å². The third kappa shape index (κ3) is 15.8. The quantitative estimate of drug-likeness (QED) is 0.0814. The van der Waals surface area contributed by atoms with E-state index < -0.39 is 336 Å². The van der Waals surface area contributed by atoms with Crippen LogP contribution in [0.3, 0.4) is 0 Å². The van der Waals surface area contributed by atoms with Crippen LogP contribution in [0.4, 0.5) is 0 Å². The average Bonchev–Trinajstić information content (AvgIpc) is 0.774. The highest BCUT2D eigenvalue weighted by atomic mass is 16.8. The van der Waals surface area contributed by atoms with Crippen LogP contribution in [-0.2, 0) is 85.3 Å². The molecule has 0 aromatic rings. The van der Waals surface area contributed by atoms with Crippen LogP contribution < -0.4 is 0 Å². The van der Waals surface area contributed by atoms with Crippen molar-refractivity contribution in [2.75, 3.05) is 59.5 Å². The zero-order valence-electron chi connectivity index (χ0n) is 51.8. The molecule has 0 amide bonds. The molecular formula is C54H90O45. The van der Waals surface area contributed by atoms with Crippen molar-refractivity contribution in [1.29, 1.82) is 0 Å². The first-order chi connectivity index (χ1) is 47.1. The van der Waals surface area contributed by atoms with Gasteiger partial charge in [-0.05, 0) is 0 Å². The normalized spacial score (nSPS) is 55.1. The number of rotatable bonds is 13. The predicted molar refractivity (Wildman–Crippen MR) is 294 cm³/mol. The molecule has 45 nitrogen and oxygen atoms in total. The molecule has 0 saturated carbocycles. The maximum atomic E-state index is 12.5. The molecule has 0 aromatic carbocycles. The molecule has 0 spiro atoms. The first kappa shape index (κ1) is 79.8. The summed E-state index contributed by atoms with van der Waals surface area (Å²) in [6.45, 7) is -10.2. The van der Waals surface area contributed by atoms with E-state index in [1.54, 1.807) is 0 Å². The lowest BCUT2D eigenvalue weighted by Crippen LogP contribution is -2.69. The number of fused-ring (bicyclic) bond motifs is 7. The lowest BCUT2D eigenvalue weighted by Gasteiger charge is -2.51. The molecule has 17 aliphatic rings. The van der Waals surface area contributed by atoms with E-state index in [9.17, 15) is 138 Å². The molecule has 45 atom stereocenters. The lowest BCUT2D eigenvalue weighted by atomic mass is 9.94. The van der Waals surface area contributed by atoms with E-state index in [-0.39, 0.29) is 0 Å². The van der Waals surface area contributed by atoms with Gasteiger partial charge in [-0.2, -0.15) is 0 Å². The van der Waals surface area contributed by atoms with Gasteiger partial charge in [0.15, 0.2) is 56.6 Å². The van der Waals surface area contributed by atoms with Crippen LogP contribution in [0.25, 0.3) is 0 Å².